The van der Waals surface area contributed by atoms with Crippen LogP contribution in [0.15, 0.2) is 53.1 Å². The number of amides is 1. The molecule has 0 aliphatic rings. The lowest BCUT2D eigenvalue weighted by molar-refractivity contribution is 0.0946. The van der Waals surface area contributed by atoms with E-state index in [1.54, 1.807) is 12.1 Å². The summed E-state index contributed by atoms with van der Waals surface area (Å²) in [5.41, 5.74) is 0.823. The smallest absolute Gasteiger partial charge is 0.273 e. The van der Waals surface area contributed by atoms with Crippen molar-refractivity contribution in [3.63, 3.8) is 0 Å². The number of carbonyl (C=O) groups is 1. The van der Waals surface area contributed by atoms with Crippen molar-refractivity contribution in [2.75, 3.05) is 0 Å². The first-order chi connectivity index (χ1) is 11.5. The number of rotatable bonds is 4. The monoisotopic (exact) mass is 330 g/mol. The Hall–Kier alpha value is -3.22. The molecule has 2 N–H and O–H groups in total. The van der Waals surface area contributed by atoms with Gasteiger partial charge in [-0.15, -0.1) is 0 Å². The lowest BCUT2D eigenvalue weighted by Gasteiger charge is -2.03. The average Bonchev–Trinajstić information content (AvgIpc) is 3.02. The second-order valence-electron chi connectivity index (χ2n) is 5.05. The molecule has 1 aromatic heterocycles. The zero-order valence-electron chi connectivity index (χ0n) is 12.3. The SMILES string of the molecule is O=C(NCc1cc(F)cc(F)c1)c1coc(-c2cccc(O)c2)n1. The summed E-state index contributed by atoms with van der Waals surface area (Å²) >= 11 is 0. The summed E-state index contributed by atoms with van der Waals surface area (Å²) in [5, 5.41) is 11.9. The van der Waals surface area contributed by atoms with E-state index in [1.165, 1.54) is 18.4 Å². The van der Waals surface area contributed by atoms with Gasteiger partial charge in [0.25, 0.3) is 5.91 Å². The maximum Gasteiger partial charge on any atom is 0.273 e. The molecule has 0 spiro atoms. The Balaban J connectivity index is 1.70. The van der Waals surface area contributed by atoms with Crippen molar-refractivity contribution in [2.24, 2.45) is 0 Å². The molecule has 0 atom stereocenters. The lowest BCUT2D eigenvalue weighted by Crippen LogP contribution is -2.23. The maximum absolute atomic E-state index is 13.1. The number of oxazole rings is 1. The van der Waals surface area contributed by atoms with Gasteiger partial charge in [0.05, 0.1) is 0 Å². The Morgan fingerprint density at radius 1 is 1.17 bits per heavy atom. The van der Waals surface area contributed by atoms with Gasteiger partial charge in [-0.3, -0.25) is 4.79 Å². The molecule has 0 aliphatic carbocycles. The van der Waals surface area contributed by atoms with Crippen LogP contribution >= 0.6 is 0 Å². The molecule has 2 aromatic carbocycles. The highest BCUT2D eigenvalue weighted by atomic mass is 19.1. The van der Waals surface area contributed by atoms with Gasteiger partial charge in [-0.25, -0.2) is 13.8 Å². The largest absolute Gasteiger partial charge is 0.508 e. The highest BCUT2D eigenvalue weighted by Crippen LogP contribution is 2.22. The van der Waals surface area contributed by atoms with E-state index >= 15 is 0 Å². The van der Waals surface area contributed by atoms with Crippen LogP contribution in [0, 0.1) is 11.6 Å². The summed E-state index contributed by atoms with van der Waals surface area (Å²) in [4.78, 5) is 16.1. The van der Waals surface area contributed by atoms with Gasteiger partial charge in [-0.2, -0.15) is 0 Å². The molecule has 0 saturated carbocycles. The van der Waals surface area contributed by atoms with Crippen LogP contribution < -0.4 is 5.32 Å². The van der Waals surface area contributed by atoms with E-state index in [2.05, 4.69) is 10.3 Å². The van der Waals surface area contributed by atoms with Crippen molar-refractivity contribution in [1.82, 2.24) is 10.3 Å². The zero-order valence-corrected chi connectivity index (χ0v) is 12.3. The van der Waals surface area contributed by atoms with E-state index in [-0.39, 0.29) is 29.4 Å². The van der Waals surface area contributed by atoms with Crippen molar-refractivity contribution in [3.8, 4) is 17.2 Å². The second-order valence-corrected chi connectivity index (χ2v) is 5.05. The molecule has 0 saturated heterocycles. The van der Waals surface area contributed by atoms with Crippen LogP contribution in [-0.4, -0.2) is 16.0 Å². The molecule has 24 heavy (non-hydrogen) atoms. The number of hydrogen-bond acceptors (Lipinski definition) is 4. The number of nitrogens with zero attached hydrogens (tertiary/aromatic N) is 1. The number of nitrogens with one attached hydrogen (secondary N) is 1. The van der Waals surface area contributed by atoms with E-state index in [4.69, 9.17) is 4.42 Å². The van der Waals surface area contributed by atoms with Gasteiger partial charge >= 0.3 is 0 Å². The number of phenolic OH excluding ortho intramolecular Hbond substituents is 1. The molecule has 1 amide bonds. The van der Waals surface area contributed by atoms with E-state index in [0.717, 1.165) is 18.2 Å². The third-order valence-corrected chi connectivity index (χ3v) is 3.21. The number of benzene rings is 2. The van der Waals surface area contributed by atoms with Crippen LogP contribution in [0.5, 0.6) is 5.75 Å². The Labute approximate surface area is 135 Å². The van der Waals surface area contributed by atoms with Crippen LogP contribution in [0.4, 0.5) is 8.78 Å². The molecule has 122 valence electrons. The predicted molar refractivity (Wildman–Crippen MR) is 81.1 cm³/mol. The van der Waals surface area contributed by atoms with E-state index in [9.17, 15) is 18.7 Å². The van der Waals surface area contributed by atoms with Crippen LogP contribution in [0.25, 0.3) is 11.5 Å². The van der Waals surface area contributed by atoms with Crippen LogP contribution in [0.1, 0.15) is 16.1 Å². The van der Waals surface area contributed by atoms with Gasteiger partial charge in [-0.05, 0) is 35.9 Å². The summed E-state index contributed by atoms with van der Waals surface area (Å²) in [6.07, 6.45) is 1.17. The third kappa shape index (κ3) is 3.57. The van der Waals surface area contributed by atoms with Crippen molar-refractivity contribution in [3.05, 3.63) is 71.6 Å². The van der Waals surface area contributed by atoms with Gasteiger partial charge < -0.3 is 14.8 Å². The molecule has 1 heterocycles. The molecule has 3 rings (SSSR count). The second kappa shape index (κ2) is 6.49. The topological polar surface area (TPSA) is 75.4 Å². The normalized spacial score (nSPS) is 10.6. The van der Waals surface area contributed by atoms with Gasteiger partial charge in [0.2, 0.25) is 5.89 Å². The van der Waals surface area contributed by atoms with Crippen LogP contribution in [0.3, 0.4) is 0 Å². The van der Waals surface area contributed by atoms with Crippen molar-refractivity contribution >= 4 is 5.91 Å². The van der Waals surface area contributed by atoms with Gasteiger partial charge in [0.1, 0.15) is 23.6 Å². The van der Waals surface area contributed by atoms with Gasteiger partial charge in [0, 0.05) is 18.2 Å². The minimum absolute atomic E-state index is 0.0187. The van der Waals surface area contributed by atoms with E-state index in [1.807, 2.05) is 0 Å². The number of carbonyl (C=O) groups excluding carboxylic acids is 1. The lowest BCUT2D eigenvalue weighted by atomic mass is 10.2. The average molecular weight is 330 g/mol. The molecule has 0 radical (unpaired) electrons. The Kier molecular flexibility index (Phi) is 4.24. The van der Waals surface area contributed by atoms with Crippen molar-refractivity contribution in [1.29, 1.82) is 0 Å². The first-order valence-electron chi connectivity index (χ1n) is 6.99. The van der Waals surface area contributed by atoms with Crippen LogP contribution in [0.2, 0.25) is 0 Å². The summed E-state index contributed by atoms with van der Waals surface area (Å²) in [6, 6.07) is 9.25. The number of hydrogen-bond donors (Lipinski definition) is 2. The van der Waals surface area contributed by atoms with Crippen LogP contribution in [-0.2, 0) is 6.54 Å². The number of halogens is 2. The molecular formula is C17H12F2N2O3. The predicted octanol–water partition coefficient (Wildman–Crippen LogP) is 3.26. The highest BCUT2D eigenvalue weighted by molar-refractivity contribution is 5.92. The maximum atomic E-state index is 13.1. The van der Waals surface area contributed by atoms with Crippen molar-refractivity contribution in [2.45, 2.75) is 6.54 Å². The Morgan fingerprint density at radius 2 is 1.92 bits per heavy atom. The first kappa shape index (κ1) is 15.7. The number of aromatic nitrogens is 1. The molecule has 5 nitrogen and oxygen atoms in total. The first-order valence-corrected chi connectivity index (χ1v) is 6.99. The minimum atomic E-state index is -0.716. The van der Waals surface area contributed by atoms with Crippen molar-refractivity contribution < 1.29 is 23.1 Å². The summed E-state index contributed by atoms with van der Waals surface area (Å²) in [7, 11) is 0. The fourth-order valence-electron chi connectivity index (χ4n) is 2.14. The third-order valence-electron chi connectivity index (χ3n) is 3.21. The molecular weight excluding hydrogens is 318 g/mol. The molecule has 3 aromatic rings. The molecule has 0 fully saturated rings. The fraction of sp³-hybridized carbons (Fsp3) is 0.0588. The summed E-state index contributed by atoms with van der Waals surface area (Å²) < 4.78 is 31.4. The highest BCUT2D eigenvalue weighted by Gasteiger charge is 2.14. The van der Waals surface area contributed by atoms with Gasteiger partial charge in [0.15, 0.2) is 5.69 Å². The molecule has 0 bridgehead atoms. The van der Waals surface area contributed by atoms with Gasteiger partial charge in [-0.1, -0.05) is 6.07 Å². The fourth-order valence-corrected chi connectivity index (χ4v) is 2.14. The minimum Gasteiger partial charge on any atom is -0.508 e. The molecule has 0 aliphatic heterocycles. The number of phenols is 1. The van der Waals surface area contributed by atoms with E-state index in [0.29, 0.717) is 5.56 Å². The summed E-state index contributed by atoms with van der Waals surface area (Å²) in [6.45, 7) is -0.0537. The molecule has 7 heteroatoms. The molecule has 0 unspecified atom stereocenters. The van der Waals surface area contributed by atoms with E-state index < -0.39 is 17.5 Å². The Morgan fingerprint density at radius 3 is 2.62 bits per heavy atom. The Bertz CT molecular complexity index is 873. The zero-order chi connectivity index (χ0) is 17.1. The standard InChI is InChI=1S/C17H12F2N2O3/c18-12-4-10(5-13(19)7-12)8-20-16(23)15-9-24-17(21-15)11-2-1-3-14(22)6-11/h1-7,9,22H,8H2,(H,20,23). The summed E-state index contributed by atoms with van der Waals surface area (Å²) in [5.74, 6) is -1.76. The quantitative estimate of drug-likeness (QED) is 0.770. The number of aromatic hydroxyl groups is 1.